The van der Waals surface area contributed by atoms with Crippen LogP contribution in [0.25, 0.3) is 0 Å². The third-order valence-electron chi connectivity index (χ3n) is 4.62. The van der Waals surface area contributed by atoms with Gasteiger partial charge in [0.25, 0.3) is 0 Å². The average Bonchev–Trinajstić information content (AvgIpc) is 2.36. The van der Waals surface area contributed by atoms with Gasteiger partial charge in [0.05, 0.1) is 5.25 Å². The second-order valence-electron chi connectivity index (χ2n) is 7.25. The van der Waals surface area contributed by atoms with Crippen LogP contribution in [0.4, 0.5) is 0 Å². The minimum Gasteiger partial charge on any atom is -0.309 e. The van der Waals surface area contributed by atoms with Crippen LogP contribution >= 0.6 is 0 Å². The summed E-state index contributed by atoms with van der Waals surface area (Å²) in [6, 6.07) is 6.31. The highest BCUT2D eigenvalue weighted by Crippen LogP contribution is 2.25. The number of nitrogens with one attached hydrogen (secondary N) is 1. The molecule has 0 heterocycles. The van der Waals surface area contributed by atoms with E-state index in [1.165, 1.54) is 11.1 Å². The molecule has 1 aromatic carbocycles. The van der Waals surface area contributed by atoms with E-state index < -0.39 is 10.0 Å². The zero-order chi connectivity index (χ0) is 17.0. The summed E-state index contributed by atoms with van der Waals surface area (Å²) in [5.74, 6) is 0.603. The Morgan fingerprint density at radius 3 is 2.52 bits per heavy atom. The van der Waals surface area contributed by atoms with Crippen LogP contribution in [0.3, 0.4) is 0 Å². The lowest BCUT2D eigenvalue weighted by molar-refractivity contribution is 0.338. The first-order chi connectivity index (χ1) is 10.8. The predicted molar refractivity (Wildman–Crippen MR) is 96.0 cm³/mol. The number of hydrogen-bond donors (Lipinski definition) is 1. The molecule has 1 aliphatic carbocycles. The molecule has 1 atom stereocenters. The van der Waals surface area contributed by atoms with Crippen molar-refractivity contribution in [2.75, 3.05) is 20.6 Å². The van der Waals surface area contributed by atoms with Crippen molar-refractivity contribution in [3.8, 4) is 0 Å². The maximum absolute atomic E-state index is 12.1. The largest absolute Gasteiger partial charge is 0.309 e. The maximum Gasteiger partial charge on any atom is 0.214 e. The van der Waals surface area contributed by atoms with Crippen LogP contribution in [0.1, 0.15) is 42.9 Å². The fourth-order valence-electron chi connectivity index (χ4n) is 3.14. The molecular weight excluding hydrogens is 308 g/mol. The molecule has 5 heteroatoms. The van der Waals surface area contributed by atoms with Crippen LogP contribution in [-0.4, -0.2) is 39.2 Å². The average molecular weight is 339 g/mol. The Hall–Kier alpha value is -0.910. The number of hydrogen-bond acceptors (Lipinski definition) is 3. The standard InChI is InChI=1S/C18H30N2O2S/c1-14(13-20(3)4)10-17-9-8-16(11-15(17)2)12-19-23(21,22)18-6-5-7-18/h8-9,11,14,18-19H,5-7,10,12-13H2,1-4H3. The molecule has 1 N–H and O–H groups in total. The molecule has 1 aliphatic rings. The van der Waals surface area contributed by atoms with Gasteiger partial charge in [-0.05, 0) is 62.9 Å². The van der Waals surface area contributed by atoms with Crippen molar-refractivity contribution >= 4 is 10.0 Å². The third kappa shape index (κ3) is 5.30. The summed E-state index contributed by atoms with van der Waals surface area (Å²) in [4.78, 5) is 2.21. The van der Waals surface area contributed by atoms with E-state index in [0.717, 1.165) is 37.8 Å². The van der Waals surface area contributed by atoms with Crippen LogP contribution in [0.2, 0.25) is 0 Å². The monoisotopic (exact) mass is 338 g/mol. The second-order valence-corrected chi connectivity index (χ2v) is 9.30. The smallest absolute Gasteiger partial charge is 0.214 e. The Labute approximate surface area is 141 Å². The van der Waals surface area contributed by atoms with E-state index in [9.17, 15) is 8.42 Å². The van der Waals surface area contributed by atoms with Gasteiger partial charge in [-0.25, -0.2) is 13.1 Å². The van der Waals surface area contributed by atoms with Gasteiger partial charge in [0.1, 0.15) is 0 Å². The van der Waals surface area contributed by atoms with Crippen LogP contribution in [-0.2, 0) is 23.0 Å². The third-order valence-corrected chi connectivity index (χ3v) is 6.52. The zero-order valence-corrected chi connectivity index (χ0v) is 15.6. The topological polar surface area (TPSA) is 49.4 Å². The second kappa shape index (κ2) is 7.77. The van der Waals surface area contributed by atoms with E-state index in [4.69, 9.17) is 0 Å². The molecule has 0 bridgehead atoms. The fourth-order valence-corrected chi connectivity index (χ4v) is 4.70. The van der Waals surface area contributed by atoms with E-state index in [-0.39, 0.29) is 5.25 Å². The van der Waals surface area contributed by atoms with Crippen molar-refractivity contribution in [2.24, 2.45) is 5.92 Å². The molecule has 4 nitrogen and oxygen atoms in total. The molecule has 1 unspecified atom stereocenters. The van der Waals surface area contributed by atoms with E-state index in [2.05, 4.69) is 49.7 Å². The molecule has 1 saturated carbocycles. The van der Waals surface area contributed by atoms with Gasteiger partial charge < -0.3 is 4.90 Å². The predicted octanol–water partition coefficient (Wildman–Crippen LogP) is 2.71. The Morgan fingerprint density at radius 1 is 1.30 bits per heavy atom. The summed E-state index contributed by atoms with van der Waals surface area (Å²) in [6.07, 6.45) is 3.69. The lowest BCUT2D eigenvalue weighted by Gasteiger charge is -2.25. The number of rotatable bonds is 8. The van der Waals surface area contributed by atoms with Crippen LogP contribution in [0.5, 0.6) is 0 Å². The SMILES string of the molecule is Cc1cc(CNS(=O)(=O)C2CCC2)ccc1CC(C)CN(C)C. The minimum atomic E-state index is -3.13. The number of nitrogens with zero attached hydrogens (tertiary/aromatic N) is 1. The van der Waals surface area contributed by atoms with E-state index in [0.29, 0.717) is 12.5 Å². The molecule has 0 saturated heterocycles. The Kier molecular flexibility index (Phi) is 6.23. The minimum absolute atomic E-state index is 0.172. The summed E-state index contributed by atoms with van der Waals surface area (Å²) in [6.45, 7) is 5.84. The lowest BCUT2D eigenvalue weighted by atomic mass is 9.95. The highest BCUT2D eigenvalue weighted by molar-refractivity contribution is 7.90. The van der Waals surface area contributed by atoms with Crippen LogP contribution in [0, 0.1) is 12.8 Å². The Morgan fingerprint density at radius 2 is 2.00 bits per heavy atom. The number of benzene rings is 1. The van der Waals surface area contributed by atoms with Gasteiger partial charge in [0.2, 0.25) is 10.0 Å². The summed E-state index contributed by atoms with van der Waals surface area (Å²) < 4.78 is 26.9. The van der Waals surface area contributed by atoms with Gasteiger partial charge in [-0.15, -0.1) is 0 Å². The highest BCUT2D eigenvalue weighted by atomic mass is 32.2. The van der Waals surface area contributed by atoms with E-state index in [1.54, 1.807) is 0 Å². The van der Waals surface area contributed by atoms with Crippen LogP contribution in [0.15, 0.2) is 18.2 Å². The molecule has 0 aliphatic heterocycles. The summed E-state index contributed by atoms with van der Waals surface area (Å²) in [7, 11) is 1.06. The highest BCUT2D eigenvalue weighted by Gasteiger charge is 2.30. The molecule has 1 fully saturated rings. The van der Waals surface area contributed by atoms with Crippen molar-refractivity contribution in [2.45, 2.75) is 51.3 Å². The first-order valence-corrected chi connectivity index (χ1v) is 10.0. The summed E-state index contributed by atoms with van der Waals surface area (Å²) >= 11 is 0. The molecule has 0 spiro atoms. The number of aryl methyl sites for hydroxylation is 1. The van der Waals surface area contributed by atoms with Crippen LogP contribution < -0.4 is 4.72 Å². The summed E-state index contributed by atoms with van der Waals surface area (Å²) in [5.41, 5.74) is 3.63. The molecule has 2 rings (SSSR count). The van der Waals surface area contributed by atoms with Gasteiger partial charge in [-0.3, -0.25) is 0 Å². The zero-order valence-electron chi connectivity index (χ0n) is 14.8. The quantitative estimate of drug-likeness (QED) is 0.793. The lowest BCUT2D eigenvalue weighted by Crippen LogP contribution is -2.38. The van der Waals surface area contributed by atoms with Gasteiger partial charge in [0.15, 0.2) is 0 Å². The van der Waals surface area contributed by atoms with Gasteiger partial charge in [-0.2, -0.15) is 0 Å². The van der Waals surface area contributed by atoms with E-state index >= 15 is 0 Å². The molecule has 0 aromatic heterocycles. The Bertz CT molecular complexity index is 622. The first kappa shape index (κ1) is 18.4. The summed E-state index contributed by atoms with van der Waals surface area (Å²) in [5, 5.41) is -0.172. The van der Waals surface area contributed by atoms with Gasteiger partial charge in [0, 0.05) is 13.1 Å². The molecule has 0 radical (unpaired) electrons. The van der Waals surface area contributed by atoms with Gasteiger partial charge >= 0.3 is 0 Å². The van der Waals surface area contributed by atoms with Crippen molar-refractivity contribution in [1.82, 2.24) is 9.62 Å². The van der Waals surface area contributed by atoms with E-state index in [1.807, 2.05) is 6.07 Å². The number of sulfonamides is 1. The fraction of sp³-hybridized carbons (Fsp3) is 0.667. The maximum atomic E-state index is 12.1. The van der Waals surface area contributed by atoms with Crippen molar-refractivity contribution in [3.05, 3.63) is 34.9 Å². The molecule has 0 amide bonds. The Balaban J connectivity index is 1.93. The van der Waals surface area contributed by atoms with Crippen molar-refractivity contribution < 1.29 is 8.42 Å². The van der Waals surface area contributed by atoms with Crippen molar-refractivity contribution in [3.63, 3.8) is 0 Å². The van der Waals surface area contributed by atoms with Gasteiger partial charge in [-0.1, -0.05) is 31.5 Å². The molecule has 1 aromatic rings. The normalized spacial score (nSPS) is 17.3. The van der Waals surface area contributed by atoms with Crippen molar-refractivity contribution in [1.29, 1.82) is 0 Å². The molecular formula is C18H30N2O2S. The first-order valence-electron chi connectivity index (χ1n) is 8.49. The molecule has 23 heavy (non-hydrogen) atoms. The molecule has 130 valence electrons.